The first-order valence-corrected chi connectivity index (χ1v) is 4.88. The summed E-state index contributed by atoms with van der Waals surface area (Å²) in [5.41, 5.74) is 0. The van der Waals surface area contributed by atoms with Gasteiger partial charge >= 0.3 is 6.18 Å². The van der Waals surface area contributed by atoms with Crippen molar-refractivity contribution < 1.29 is 18.0 Å². The summed E-state index contributed by atoms with van der Waals surface area (Å²) in [5.74, 6) is -0.312. The smallest absolute Gasteiger partial charge is 0.344 e. The van der Waals surface area contributed by atoms with Crippen LogP contribution in [0.5, 0.6) is 0 Å². The van der Waals surface area contributed by atoms with Gasteiger partial charge in [0.05, 0.1) is 13.0 Å². The van der Waals surface area contributed by atoms with E-state index in [9.17, 15) is 18.0 Å². The third-order valence-electron chi connectivity index (χ3n) is 1.86. The number of nitrogens with one attached hydrogen (secondary N) is 1. The lowest BCUT2D eigenvalue weighted by Gasteiger charge is -2.18. The predicted octanol–water partition coefficient (Wildman–Crippen LogP) is 1.40. The van der Waals surface area contributed by atoms with Crippen LogP contribution in [0.2, 0.25) is 0 Å². The van der Waals surface area contributed by atoms with Gasteiger partial charge in [-0.3, -0.25) is 4.79 Å². The summed E-state index contributed by atoms with van der Waals surface area (Å²) in [6, 6.07) is 0. The molecule has 0 aliphatic heterocycles. The van der Waals surface area contributed by atoms with E-state index < -0.39 is 12.6 Å². The molecular weight excluding hydrogens is 209 g/mol. The molecule has 6 heteroatoms. The highest BCUT2D eigenvalue weighted by molar-refractivity contribution is 5.77. The van der Waals surface area contributed by atoms with Gasteiger partial charge in [-0.05, 0) is 13.0 Å². The molecule has 1 amide bonds. The fourth-order valence-corrected chi connectivity index (χ4v) is 0.926. The molecule has 0 rings (SSSR count). The molecule has 0 aliphatic rings. The first kappa shape index (κ1) is 14.2. The maximum absolute atomic E-state index is 11.8. The molecule has 3 nitrogen and oxygen atoms in total. The summed E-state index contributed by atoms with van der Waals surface area (Å²) in [6.45, 7) is 2.46. The molecule has 0 aromatic carbocycles. The highest BCUT2D eigenvalue weighted by Gasteiger charge is 2.27. The van der Waals surface area contributed by atoms with E-state index in [1.54, 1.807) is 0 Å². The van der Waals surface area contributed by atoms with Gasteiger partial charge in [0, 0.05) is 13.6 Å². The first-order valence-electron chi connectivity index (χ1n) is 4.88. The Kier molecular flexibility index (Phi) is 6.31. The number of carbonyl (C=O) groups is 1. The van der Waals surface area contributed by atoms with Crippen molar-refractivity contribution >= 4 is 5.91 Å². The van der Waals surface area contributed by atoms with Crippen molar-refractivity contribution in [3.8, 4) is 0 Å². The van der Waals surface area contributed by atoms with Gasteiger partial charge in [-0.1, -0.05) is 6.92 Å². The Labute approximate surface area is 87.6 Å². The van der Waals surface area contributed by atoms with Crippen molar-refractivity contribution in [1.82, 2.24) is 10.2 Å². The van der Waals surface area contributed by atoms with Gasteiger partial charge < -0.3 is 10.2 Å². The SMILES string of the molecule is CCCNCC(=O)N(C)CCC(F)(F)F. The third kappa shape index (κ3) is 8.23. The summed E-state index contributed by atoms with van der Waals surface area (Å²) in [4.78, 5) is 12.3. The molecule has 0 fully saturated rings. The molecule has 0 radical (unpaired) electrons. The Bertz CT molecular complexity index is 194. The van der Waals surface area contributed by atoms with Crippen molar-refractivity contribution in [2.75, 3.05) is 26.7 Å². The number of halogens is 3. The minimum absolute atomic E-state index is 0.0994. The number of alkyl halides is 3. The van der Waals surface area contributed by atoms with Gasteiger partial charge in [-0.25, -0.2) is 0 Å². The molecule has 0 atom stereocenters. The van der Waals surface area contributed by atoms with Gasteiger partial charge in [0.25, 0.3) is 0 Å². The molecule has 0 spiro atoms. The molecule has 0 unspecified atom stereocenters. The maximum atomic E-state index is 11.8. The number of rotatable bonds is 6. The molecule has 0 heterocycles. The fourth-order valence-electron chi connectivity index (χ4n) is 0.926. The number of hydrogen-bond acceptors (Lipinski definition) is 2. The van der Waals surface area contributed by atoms with Gasteiger partial charge in [0.2, 0.25) is 5.91 Å². The largest absolute Gasteiger partial charge is 0.390 e. The first-order chi connectivity index (χ1) is 6.87. The van der Waals surface area contributed by atoms with Gasteiger partial charge in [0.1, 0.15) is 0 Å². The van der Waals surface area contributed by atoms with Crippen molar-refractivity contribution in [3.05, 3.63) is 0 Å². The van der Waals surface area contributed by atoms with E-state index in [1.807, 2.05) is 6.92 Å². The van der Waals surface area contributed by atoms with E-state index in [-0.39, 0.29) is 19.0 Å². The third-order valence-corrected chi connectivity index (χ3v) is 1.86. The summed E-state index contributed by atoms with van der Waals surface area (Å²) in [7, 11) is 1.38. The minimum atomic E-state index is -4.20. The van der Waals surface area contributed by atoms with Gasteiger partial charge in [-0.2, -0.15) is 13.2 Å². The lowest BCUT2D eigenvalue weighted by molar-refractivity contribution is -0.143. The molecule has 0 aliphatic carbocycles. The fraction of sp³-hybridized carbons (Fsp3) is 0.889. The standard InChI is InChI=1S/C9H17F3N2O/c1-3-5-13-7-8(15)14(2)6-4-9(10,11)12/h13H,3-7H2,1-2H3. The predicted molar refractivity (Wildman–Crippen MR) is 51.5 cm³/mol. The molecule has 15 heavy (non-hydrogen) atoms. The Morgan fingerprint density at radius 3 is 2.47 bits per heavy atom. The van der Waals surface area contributed by atoms with Crippen molar-refractivity contribution in [2.24, 2.45) is 0 Å². The second-order valence-corrected chi connectivity index (χ2v) is 3.36. The molecule has 0 saturated heterocycles. The molecule has 1 N–H and O–H groups in total. The van der Waals surface area contributed by atoms with Crippen LogP contribution in [-0.4, -0.2) is 43.7 Å². The average Bonchev–Trinajstić information content (AvgIpc) is 2.13. The Morgan fingerprint density at radius 2 is 2.00 bits per heavy atom. The Hall–Kier alpha value is -0.780. The summed E-state index contributed by atoms with van der Waals surface area (Å²) >= 11 is 0. The monoisotopic (exact) mass is 226 g/mol. The zero-order chi connectivity index (χ0) is 11.9. The van der Waals surface area contributed by atoms with Crippen LogP contribution in [0.15, 0.2) is 0 Å². The van der Waals surface area contributed by atoms with Gasteiger partial charge in [-0.15, -0.1) is 0 Å². The van der Waals surface area contributed by atoms with Crippen LogP contribution in [0, 0.1) is 0 Å². The molecule has 0 aromatic heterocycles. The molecule has 90 valence electrons. The summed E-state index contributed by atoms with van der Waals surface area (Å²) in [6.07, 6.45) is -4.27. The van der Waals surface area contributed by atoms with Crippen LogP contribution >= 0.6 is 0 Å². The summed E-state index contributed by atoms with van der Waals surface area (Å²) < 4.78 is 35.5. The van der Waals surface area contributed by atoms with E-state index in [2.05, 4.69) is 5.32 Å². The average molecular weight is 226 g/mol. The lowest BCUT2D eigenvalue weighted by atomic mass is 10.3. The van der Waals surface area contributed by atoms with E-state index in [0.29, 0.717) is 6.54 Å². The second kappa shape index (κ2) is 6.66. The van der Waals surface area contributed by atoms with Crippen LogP contribution in [0.4, 0.5) is 13.2 Å². The lowest BCUT2D eigenvalue weighted by Crippen LogP contribution is -2.37. The number of nitrogens with zero attached hydrogens (tertiary/aromatic N) is 1. The molecule has 0 saturated carbocycles. The van der Waals surface area contributed by atoms with Crippen LogP contribution < -0.4 is 5.32 Å². The number of amides is 1. The van der Waals surface area contributed by atoms with E-state index >= 15 is 0 Å². The van der Waals surface area contributed by atoms with Crippen LogP contribution in [0.1, 0.15) is 19.8 Å². The molecular formula is C9H17F3N2O. The zero-order valence-corrected chi connectivity index (χ0v) is 9.02. The molecule has 0 aromatic rings. The molecule has 0 bridgehead atoms. The van der Waals surface area contributed by atoms with Crippen LogP contribution in [0.3, 0.4) is 0 Å². The topological polar surface area (TPSA) is 32.3 Å². The van der Waals surface area contributed by atoms with Crippen molar-refractivity contribution in [1.29, 1.82) is 0 Å². The number of hydrogen-bond donors (Lipinski definition) is 1. The van der Waals surface area contributed by atoms with Crippen LogP contribution in [0.25, 0.3) is 0 Å². The van der Waals surface area contributed by atoms with E-state index in [0.717, 1.165) is 11.3 Å². The van der Waals surface area contributed by atoms with Crippen molar-refractivity contribution in [3.63, 3.8) is 0 Å². The number of likely N-dealkylation sites (N-methyl/N-ethyl adjacent to an activating group) is 1. The second-order valence-electron chi connectivity index (χ2n) is 3.36. The summed E-state index contributed by atoms with van der Waals surface area (Å²) in [5, 5.41) is 2.84. The Morgan fingerprint density at radius 1 is 1.40 bits per heavy atom. The number of carbonyl (C=O) groups excluding carboxylic acids is 1. The quantitative estimate of drug-likeness (QED) is 0.694. The normalized spacial score (nSPS) is 11.5. The van der Waals surface area contributed by atoms with Crippen molar-refractivity contribution in [2.45, 2.75) is 25.9 Å². The minimum Gasteiger partial charge on any atom is -0.344 e. The Balaban J connectivity index is 3.70. The van der Waals surface area contributed by atoms with Gasteiger partial charge in [0.15, 0.2) is 0 Å². The highest BCUT2D eigenvalue weighted by atomic mass is 19.4. The van der Waals surface area contributed by atoms with E-state index in [4.69, 9.17) is 0 Å². The highest BCUT2D eigenvalue weighted by Crippen LogP contribution is 2.19. The maximum Gasteiger partial charge on any atom is 0.390 e. The van der Waals surface area contributed by atoms with E-state index in [1.165, 1.54) is 7.05 Å². The van der Waals surface area contributed by atoms with Crippen LogP contribution in [-0.2, 0) is 4.79 Å². The zero-order valence-electron chi connectivity index (χ0n) is 9.02.